The van der Waals surface area contributed by atoms with Gasteiger partial charge in [-0.3, -0.25) is 0 Å². The molecule has 20 heavy (non-hydrogen) atoms. The largest absolute Gasteiger partial charge is 0.472 e. The summed E-state index contributed by atoms with van der Waals surface area (Å²) in [5.41, 5.74) is 3.40. The van der Waals surface area contributed by atoms with Crippen molar-refractivity contribution in [3.05, 3.63) is 58.7 Å². The molecule has 0 aliphatic rings. The third-order valence-electron chi connectivity index (χ3n) is 2.91. The van der Waals surface area contributed by atoms with E-state index in [0.717, 1.165) is 16.7 Å². The van der Waals surface area contributed by atoms with E-state index in [9.17, 15) is 0 Å². The number of rotatable bonds is 2. The molecule has 0 aliphatic carbocycles. The molecule has 0 amide bonds. The van der Waals surface area contributed by atoms with Crippen molar-refractivity contribution in [2.75, 3.05) is 0 Å². The third-order valence-corrected chi connectivity index (χ3v) is 3.45. The van der Waals surface area contributed by atoms with Gasteiger partial charge in [0.05, 0.1) is 17.4 Å². The van der Waals surface area contributed by atoms with Crippen LogP contribution in [0.4, 0.5) is 0 Å². The van der Waals surface area contributed by atoms with Gasteiger partial charge in [0.25, 0.3) is 0 Å². The Kier molecular flexibility index (Phi) is 3.47. The highest BCUT2D eigenvalue weighted by Crippen LogP contribution is 2.34. The second-order valence-corrected chi connectivity index (χ2v) is 5.10. The van der Waals surface area contributed by atoms with Crippen LogP contribution in [0.1, 0.15) is 5.56 Å². The van der Waals surface area contributed by atoms with Crippen LogP contribution in [0.2, 0.25) is 10.3 Å². The highest BCUT2D eigenvalue weighted by atomic mass is 35.5. The summed E-state index contributed by atoms with van der Waals surface area (Å²) in [6.45, 7) is 2.01. The van der Waals surface area contributed by atoms with E-state index in [1.165, 1.54) is 0 Å². The predicted molar refractivity (Wildman–Crippen MR) is 79.9 cm³/mol. The van der Waals surface area contributed by atoms with E-state index < -0.39 is 0 Å². The summed E-state index contributed by atoms with van der Waals surface area (Å²) in [6.07, 6.45) is 3.10. The van der Waals surface area contributed by atoms with Gasteiger partial charge in [-0.25, -0.2) is 9.97 Å². The molecular weight excluding hydrogens is 295 g/mol. The smallest absolute Gasteiger partial charge is 0.165 e. The fraction of sp³-hybridized carbons (Fsp3) is 0.0667. The van der Waals surface area contributed by atoms with Gasteiger partial charge in [0.2, 0.25) is 0 Å². The monoisotopic (exact) mass is 304 g/mol. The van der Waals surface area contributed by atoms with Crippen LogP contribution in [-0.4, -0.2) is 9.97 Å². The number of furan rings is 1. The molecule has 0 radical (unpaired) electrons. The van der Waals surface area contributed by atoms with E-state index in [1.807, 2.05) is 31.2 Å². The number of halogens is 2. The second kappa shape index (κ2) is 5.27. The van der Waals surface area contributed by atoms with Crippen molar-refractivity contribution in [1.82, 2.24) is 9.97 Å². The summed E-state index contributed by atoms with van der Waals surface area (Å²) in [5, 5.41) is 0.651. The maximum absolute atomic E-state index is 6.27. The van der Waals surface area contributed by atoms with Gasteiger partial charge < -0.3 is 4.42 Å². The van der Waals surface area contributed by atoms with Gasteiger partial charge in [-0.15, -0.1) is 0 Å². The lowest BCUT2D eigenvalue weighted by atomic mass is 10.1. The van der Waals surface area contributed by atoms with Gasteiger partial charge >= 0.3 is 0 Å². The first-order valence-electron chi connectivity index (χ1n) is 5.98. The van der Waals surface area contributed by atoms with Crippen LogP contribution in [0.3, 0.4) is 0 Å². The average Bonchev–Trinajstić information content (AvgIpc) is 2.91. The molecule has 3 aromatic rings. The molecule has 0 N–H and O–H groups in total. The van der Waals surface area contributed by atoms with Gasteiger partial charge in [-0.2, -0.15) is 0 Å². The molecular formula is C15H10Cl2N2O. The third kappa shape index (κ3) is 2.42. The average molecular weight is 305 g/mol. The highest BCUT2D eigenvalue weighted by Gasteiger charge is 2.15. The van der Waals surface area contributed by atoms with Crippen LogP contribution in [0, 0.1) is 6.92 Å². The molecule has 0 saturated carbocycles. The van der Waals surface area contributed by atoms with Gasteiger partial charge in [-0.1, -0.05) is 53.0 Å². The van der Waals surface area contributed by atoms with E-state index in [4.69, 9.17) is 27.6 Å². The molecule has 2 aromatic heterocycles. The number of aromatic nitrogens is 2. The zero-order valence-corrected chi connectivity index (χ0v) is 12.1. The number of aryl methyl sites for hydroxylation is 1. The van der Waals surface area contributed by atoms with Crippen LogP contribution in [0.15, 0.2) is 47.3 Å². The number of hydrogen-bond acceptors (Lipinski definition) is 3. The molecule has 2 heterocycles. The van der Waals surface area contributed by atoms with Crippen LogP contribution < -0.4 is 0 Å². The summed E-state index contributed by atoms with van der Waals surface area (Å²) in [7, 11) is 0. The van der Waals surface area contributed by atoms with Gasteiger partial charge in [0.15, 0.2) is 5.82 Å². The first kappa shape index (κ1) is 13.2. The molecule has 1 aromatic carbocycles. The zero-order chi connectivity index (χ0) is 14.1. The minimum atomic E-state index is 0.326. The Balaban J connectivity index is 2.14. The lowest BCUT2D eigenvalue weighted by molar-refractivity contribution is 0.568. The molecule has 0 atom stereocenters. The van der Waals surface area contributed by atoms with Crippen LogP contribution in [0.5, 0.6) is 0 Å². The van der Waals surface area contributed by atoms with Crippen molar-refractivity contribution in [2.45, 2.75) is 6.92 Å². The molecule has 0 fully saturated rings. The number of nitrogens with zero attached hydrogens (tertiary/aromatic N) is 2. The lowest BCUT2D eigenvalue weighted by Crippen LogP contribution is -1.94. The van der Waals surface area contributed by atoms with Crippen molar-refractivity contribution in [3.8, 4) is 22.5 Å². The quantitative estimate of drug-likeness (QED) is 0.624. The summed E-state index contributed by atoms with van der Waals surface area (Å²) in [6, 6.07) is 9.64. The Morgan fingerprint density at radius 1 is 1.00 bits per heavy atom. The lowest BCUT2D eigenvalue weighted by Gasteiger charge is -2.08. The summed E-state index contributed by atoms with van der Waals surface area (Å²) in [4.78, 5) is 8.58. The Morgan fingerprint density at radius 2 is 1.75 bits per heavy atom. The predicted octanol–water partition coefficient (Wildman–Crippen LogP) is 5.02. The van der Waals surface area contributed by atoms with E-state index in [0.29, 0.717) is 21.7 Å². The molecule has 3 rings (SSSR count). The molecule has 0 saturated heterocycles. The Hall–Kier alpha value is -1.84. The minimum Gasteiger partial charge on any atom is -0.472 e. The standard InChI is InChI=1S/C15H10Cl2N2O/c1-9-3-2-4-10(7-9)12-13(16)18-15(19-14(12)17)11-5-6-20-8-11/h2-8H,1H3. The fourth-order valence-electron chi connectivity index (χ4n) is 1.97. The van der Waals surface area contributed by atoms with Gasteiger partial charge in [0, 0.05) is 0 Å². The number of benzene rings is 1. The summed E-state index contributed by atoms with van der Waals surface area (Å²) < 4.78 is 5.01. The van der Waals surface area contributed by atoms with Crippen molar-refractivity contribution < 1.29 is 4.42 Å². The molecule has 0 spiro atoms. The molecule has 0 aliphatic heterocycles. The minimum absolute atomic E-state index is 0.326. The van der Waals surface area contributed by atoms with Gasteiger partial charge in [0.1, 0.15) is 16.6 Å². The topological polar surface area (TPSA) is 38.9 Å². The van der Waals surface area contributed by atoms with Crippen molar-refractivity contribution in [1.29, 1.82) is 0 Å². The maximum Gasteiger partial charge on any atom is 0.165 e. The Labute approximate surface area is 126 Å². The van der Waals surface area contributed by atoms with E-state index >= 15 is 0 Å². The summed E-state index contributed by atoms with van der Waals surface area (Å²) >= 11 is 12.5. The first-order chi connectivity index (χ1) is 9.65. The molecule has 5 heteroatoms. The fourth-order valence-corrected chi connectivity index (χ4v) is 2.57. The van der Waals surface area contributed by atoms with E-state index in [-0.39, 0.29) is 0 Å². The van der Waals surface area contributed by atoms with Crippen molar-refractivity contribution in [3.63, 3.8) is 0 Å². The van der Waals surface area contributed by atoms with E-state index in [1.54, 1.807) is 18.6 Å². The number of hydrogen-bond donors (Lipinski definition) is 0. The molecule has 3 nitrogen and oxygen atoms in total. The van der Waals surface area contributed by atoms with Crippen LogP contribution in [-0.2, 0) is 0 Å². The SMILES string of the molecule is Cc1cccc(-c2c(Cl)nc(-c3ccoc3)nc2Cl)c1. The van der Waals surface area contributed by atoms with Crippen molar-refractivity contribution in [2.24, 2.45) is 0 Å². The Morgan fingerprint density at radius 3 is 2.35 bits per heavy atom. The first-order valence-corrected chi connectivity index (χ1v) is 6.73. The second-order valence-electron chi connectivity index (χ2n) is 4.39. The molecule has 100 valence electrons. The van der Waals surface area contributed by atoms with Crippen LogP contribution >= 0.6 is 23.2 Å². The maximum atomic E-state index is 6.27. The highest BCUT2D eigenvalue weighted by molar-refractivity contribution is 6.37. The molecule has 0 bridgehead atoms. The Bertz CT molecular complexity index is 731. The zero-order valence-electron chi connectivity index (χ0n) is 10.6. The van der Waals surface area contributed by atoms with Crippen molar-refractivity contribution >= 4 is 23.2 Å². The van der Waals surface area contributed by atoms with Crippen LogP contribution in [0.25, 0.3) is 22.5 Å². The van der Waals surface area contributed by atoms with E-state index in [2.05, 4.69) is 9.97 Å². The molecule has 0 unspecified atom stereocenters. The van der Waals surface area contributed by atoms with Gasteiger partial charge in [-0.05, 0) is 18.6 Å². The summed E-state index contributed by atoms with van der Waals surface area (Å²) in [5.74, 6) is 0.449. The normalized spacial score (nSPS) is 10.8.